The van der Waals surface area contributed by atoms with Gasteiger partial charge < -0.3 is 67.0 Å². The van der Waals surface area contributed by atoms with Gasteiger partial charge in [0, 0.05) is 67.5 Å². The molecule has 1 aliphatic carbocycles. The van der Waals surface area contributed by atoms with Gasteiger partial charge >= 0.3 is 0 Å². The quantitative estimate of drug-likeness (QED) is 0.0553. The number of amides is 2. The number of fused-ring (bicyclic) bond motifs is 2. The van der Waals surface area contributed by atoms with E-state index in [0.29, 0.717) is 11.1 Å². The van der Waals surface area contributed by atoms with Gasteiger partial charge in [-0.1, -0.05) is 6.08 Å². The van der Waals surface area contributed by atoms with Crippen molar-refractivity contribution in [2.75, 3.05) is 33.9 Å². The van der Waals surface area contributed by atoms with Crippen molar-refractivity contribution >= 4 is 29.3 Å². The predicted molar refractivity (Wildman–Crippen MR) is 194 cm³/mol. The number of guanidine groups is 1. The van der Waals surface area contributed by atoms with Crippen molar-refractivity contribution in [3.8, 4) is 17.2 Å². The van der Waals surface area contributed by atoms with Crippen molar-refractivity contribution in [3.05, 3.63) is 87.3 Å². The number of aryl methyl sites for hydroxylation is 1. The van der Waals surface area contributed by atoms with Crippen LogP contribution in [-0.4, -0.2) is 129 Å². The topological polar surface area (TPSA) is 309 Å². The molecule has 4 aliphatic rings. The average molecular weight is 779 g/mol. The summed E-state index contributed by atoms with van der Waals surface area (Å²) in [7, 11) is 2.72. The summed E-state index contributed by atoms with van der Waals surface area (Å²) in [6.45, 7) is 0.0188. The normalized spacial score (nSPS) is 26.6. The number of rotatable bonds is 11. The SMILES string of the molecule is CN=C(N)NCc1c(C)cc2c(c1O)C(=O)c1c(O[C@@H]3O[C@](O)(CO)[C@](O)(C[C@H](CN4C(=O)C=CC4=O)C4=CCNC(N)=C4)[C@H](O)[C@H]3O)cc(OC)cc1C2=O. The number of hydrogen-bond donors (Lipinski definition) is 10. The summed E-state index contributed by atoms with van der Waals surface area (Å²) >= 11 is 0. The third-order valence-electron chi connectivity index (χ3n) is 10.4. The maximum absolute atomic E-state index is 14.2. The van der Waals surface area contributed by atoms with Crippen LogP contribution in [0.1, 0.15) is 49.4 Å². The molecule has 56 heavy (non-hydrogen) atoms. The third kappa shape index (κ3) is 6.73. The number of carbonyl (C=O) groups excluding carboxylic acids is 4. The second-order valence-electron chi connectivity index (χ2n) is 13.7. The minimum atomic E-state index is -3.11. The van der Waals surface area contributed by atoms with E-state index in [1.54, 1.807) is 13.0 Å². The third-order valence-corrected chi connectivity index (χ3v) is 10.4. The Morgan fingerprint density at radius 1 is 1.11 bits per heavy atom. The summed E-state index contributed by atoms with van der Waals surface area (Å²) in [5.41, 5.74) is 8.78. The summed E-state index contributed by atoms with van der Waals surface area (Å²) in [6, 6.07) is 3.87. The number of phenols is 1. The summed E-state index contributed by atoms with van der Waals surface area (Å²) in [6.07, 6.45) is -2.25. The molecule has 19 heteroatoms. The van der Waals surface area contributed by atoms with E-state index < -0.39 is 89.3 Å². The number of benzene rings is 2. The number of aliphatic imine (C=N–C) groups is 1. The van der Waals surface area contributed by atoms with Gasteiger partial charge in [0.15, 0.2) is 11.7 Å². The maximum Gasteiger partial charge on any atom is 0.253 e. The molecule has 1 fully saturated rings. The lowest BCUT2D eigenvalue weighted by Crippen LogP contribution is -2.75. The van der Waals surface area contributed by atoms with E-state index in [4.69, 9.17) is 25.7 Å². The highest BCUT2D eigenvalue weighted by molar-refractivity contribution is 6.30. The van der Waals surface area contributed by atoms with Crippen molar-refractivity contribution in [3.63, 3.8) is 0 Å². The van der Waals surface area contributed by atoms with Gasteiger partial charge in [-0.25, -0.2) is 0 Å². The number of allylic oxidation sites excluding steroid dienone is 1. The van der Waals surface area contributed by atoms with Crippen molar-refractivity contribution in [2.45, 2.75) is 49.8 Å². The van der Waals surface area contributed by atoms with Crippen molar-refractivity contribution in [2.24, 2.45) is 22.4 Å². The average Bonchev–Trinajstić information content (AvgIpc) is 3.49. The number of imide groups is 1. The molecule has 2 amide bonds. The molecule has 6 rings (SSSR count). The van der Waals surface area contributed by atoms with Crippen LogP contribution in [0.5, 0.6) is 17.2 Å². The van der Waals surface area contributed by atoms with Crippen LogP contribution < -0.4 is 31.6 Å². The van der Waals surface area contributed by atoms with Gasteiger partial charge in [-0.2, -0.15) is 0 Å². The fourth-order valence-corrected chi connectivity index (χ4v) is 7.27. The number of ether oxygens (including phenoxy) is 3. The van der Waals surface area contributed by atoms with Crippen LogP contribution in [0.4, 0.5) is 0 Å². The maximum atomic E-state index is 14.2. The number of dihydropyridines is 1. The van der Waals surface area contributed by atoms with Crippen molar-refractivity contribution in [1.29, 1.82) is 0 Å². The van der Waals surface area contributed by atoms with Crippen molar-refractivity contribution < 1.29 is 64.0 Å². The van der Waals surface area contributed by atoms with Crippen LogP contribution in [0.25, 0.3) is 0 Å². The Morgan fingerprint density at radius 2 is 1.79 bits per heavy atom. The molecule has 0 radical (unpaired) electrons. The van der Waals surface area contributed by atoms with Gasteiger partial charge in [-0.05, 0) is 42.7 Å². The number of aliphatic hydroxyl groups is 5. The number of nitrogens with two attached hydrogens (primary N) is 2. The molecule has 3 aliphatic heterocycles. The van der Waals surface area contributed by atoms with Gasteiger partial charge in [0.2, 0.25) is 17.9 Å². The molecule has 19 nitrogen and oxygen atoms in total. The molecule has 0 spiro atoms. The first-order valence-corrected chi connectivity index (χ1v) is 17.3. The smallest absolute Gasteiger partial charge is 0.253 e. The monoisotopic (exact) mass is 778 g/mol. The molecule has 0 bridgehead atoms. The molecule has 298 valence electrons. The number of ketones is 2. The molecule has 0 saturated carbocycles. The van der Waals surface area contributed by atoms with E-state index in [0.717, 1.165) is 23.1 Å². The number of nitrogens with one attached hydrogen (secondary N) is 2. The van der Waals surface area contributed by atoms with Crippen LogP contribution in [0.3, 0.4) is 0 Å². The highest BCUT2D eigenvalue weighted by atomic mass is 16.8. The molecule has 2 aromatic carbocycles. The Hall–Kier alpha value is -5.83. The van der Waals surface area contributed by atoms with Gasteiger partial charge in [0.25, 0.3) is 11.8 Å². The number of aliphatic hydroxyl groups excluding tert-OH is 3. The van der Waals surface area contributed by atoms with Gasteiger partial charge in [-0.3, -0.25) is 29.1 Å². The van der Waals surface area contributed by atoms with E-state index in [2.05, 4.69) is 15.6 Å². The summed E-state index contributed by atoms with van der Waals surface area (Å²) in [5, 5.41) is 74.4. The van der Waals surface area contributed by atoms with Gasteiger partial charge in [0.05, 0.1) is 24.1 Å². The zero-order chi connectivity index (χ0) is 40.9. The lowest BCUT2D eigenvalue weighted by atomic mass is 9.73. The summed E-state index contributed by atoms with van der Waals surface area (Å²) in [5.74, 6) is -7.77. The molecule has 12 N–H and O–H groups in total. The second kappa shape index (κ2) is 15.0. The van der Waals surface area contributed by atoms with Crippen LogP contribution in [-0.2, 0) is 20.9 Å². The molecular weight excluding hydrogens is 736 g/mol. The van der Waals surface area contributed by atoms with E-state index in [1.165, 1.54) is 32.4 Å². The van der Waals surface area contributed by atoms with E-state index in [-0.39, 0.29) is 59.4 Å². The van der Waals surface area contributed by atoms with Gasteiger partial charge in [-0.15, -0.1) is 0 Å². The Labute approximate surface area is 319 Å². The number of hydrogen-bond acceptors (Lipinski definition) is 16. The number of nitrogens with zero attached hydrogens (tertiary/aromatic N) is 2. The molecule has 1 saturated heterocycles. The minimum absolute atomic E-state index is 0.00475. The van der Waals surface area contributed by atoms with E-state index in [9.17, 15) is 49.8 Å². The Bertz CT molecular complexity index is 2110. The lowest BCUT2D eigenvalue weighted by Gasteiger charge is -2.53. The standard InChI is InChI=1S/C37H42N6O13/c1-16-8-20-28(30(48)22(16)13-42-35(39)40-2)31(49)27-21(29(20)47)10-19(54-3)11-23(27)55-34-32(50)33(51)36(52,37(53,15-44)56-34)12-18(17-6-7-41-24(38)9-17)14-43-25(45)4-5-26(43)46/h4-6,8-11,18,32-34,41,44,48,50-53H,7,12-15,38H2,1-3H3,(H3,39,40,42)/t18-,32-,33-,34-,36+,37-/m1/s1. The highest BCUT2D eigenvalue weighted by Gasteiger charge is 2.65. The summed E-state index contributed by atoms with van der Waals surface area (Å²) in [4.78, 5) is 57.9. The molecule has 2 aromatic rings. The first-order chi connectivity index (χ1) is 26.5. The Balaban J connectivity index is 1.36. The van der Waals surface area contributed by atoms with Crippen LogP contribution >= 0.6 is 0 Å². The number of aromatic hydroxyl groups is 1. The number of phenolic OH excluding ortho intramolecular Hbond substituents is 1. The van der Waals surface area contributed by atoms with Gasteiger partial charge in [0.1, 0.15) is 41.7 Å². The minimum Gasteiger partial charge on any atom is -0.507 e. The molecule has 0 unspecified atom stereocenters. The molecular formula is C37H42N6O13. The Morgan fingerprint density at radius 3 is 2.41 bits per heavy atom. The lowest BCUT2D eigenvalue weighted by molar-refractivity contribution is -0.420. The fourth-order valence-electron chi connectivity index (χ4n) is 7.27. The van der Waals surface area contributed by atoms with E-state index in [1.807, 2.05) is 0 Å². The first kappa shape index (κ1) is 39.9. The zero-order valence-electron chi connectivity index (χ0n) is 30.5. The number of carbonyl (C=O) groups is 4. The zero-order valence-corrected chi connectivity index (χ0v) is 30.5. The molecule has 3 heterocycles. The molecule has 0 aromatic heterocycles. The number of methoxy groups -OCH3 is 1. The van der Waals surface area contributed by atoms with Crippen LogP contribution in [0.15, 0.2) is 58.9 Å². The van der Waals surface area contributed by atoms with E-state index >= 15 is 0 Å². The Kier molecular flexibility index (Phi) is 10.7. The molecule has 6 atom stereocenters. The highest BCUT2D eigenvalue weighted by Crippen LogP contribution is 2.46. The fraction of sp³-hybridized carbons (Fsp3) is 0.378. The first-order valence-electron chi connectivity index (χ1n) is 17.3. The predicted octanol–water partition coefficient (Wildman–Crippen LogP) is -2.35. The largest absolute Gasteiger partial charge is 0.507 e. The van der Waals surface area contributed by atoms with Crippen molar-refractivity contribution in [1.82, 2.24) is 15.5 Å². The van der Waals surface area contributed by atoms with Crippen LogP contribution in [0.2, 0.25) is 0 Å². The second-order valence-corrected chi connectivity index (χ2v) is 13.7. The van der Waals surface area contributed by atoms with Crippen LogP contribution in [0, 0.1) is 12.8 Å². The summed E-state index contributed by atoms with van der Waals surface area (Å²) < 4.78 is 16.9.